The fraction of sp³-hybridized carbons (Fsp3) is 0.150. The van der Waals surface area contributed by atoms with E-state index in [-0.39, 0.29) is 11.4 Å². The van der Waals surface area contributed by atoms with Crippen molar-refractivity contribution in [3.63, 3.8) is 0 Å². The van der Waals surface area contributed by atoms with Gasteiger partial charge >= 0.3 is 0 Å². The topological polar surface area (TPSA) is 81.5 Å². The number of thioether (sulfide) groups is 1. The standard InChI is InChI=1S/C20H17FN4O3S/c1-27-17-8-7-12(9-18(17)28-2)15-10-16-19(26)22-23-20(25(16)24-15)29-11-13-5-3-4-6-14(13)21/h3-10H,11H2,1-2H3,(H,22,26). The van der Waals surface area contributed by atoms with E-state index in [1.54, 1.807) is 50.6 Å². The third-order valence-corrected chi connectivity index (χ3v) is 5.35. The summed E-state index contributed by atoms with van der Waals surface area (Å²) in [4.78, 5) is 12.2. The zero-order valence-electron chi connectivity index (χ0n) is 15.7. The molecule has 0 fully saturated rings. The van der Waals surface area contributed by atoms with Gasteiger partial charge in [-0.15, -0.1) is 5.10 Å². The van der Waals surface area contributed by atoms with Crippen LogP contribution in [0.4, 0.5) is 4.39 Å². The van der Waals surface area contributed by atoms with Crippen LogP contribution in [-0.4, -0.2) is 34.0 Å². The molecule has 0 aliphatic carbocycles. The third kappa shape index (κ3) is 3.68. The zero-order chi connectivity index (χ0) is 20.4. The van der Waals surface area contributed by atoms with Gasteiger partial charge in [-0.05, 0) is 35.9 Å². The Balaban J connectivity index is 1.72. The minimum Gasteiger partial charge on any atom is -0.493 e. The molecule has 0 atom stereocenters. The second-order valence-corrected chi connectivity index (χ2v) is 7.05. The molecule has 7 nitrogen and oxygen atoms in total. The smallest absolute Gasteiger partial charge is 0.290 e. The van der Waals surface area contributed by atoms with E-state index in [1.165, 1.54) is 22.3 Å². The molecular formula is C20H17FN4O3S. The second kappa shape index (κ2) is 7.96. The van der Waals surface area contributed by atoms with Crippen molar-refractivity contribution in [2.75, 3.05) is 14.2 Å². The van der Waals surface area contributed by atoms with Crippen molar-refractivity contribution in [3.05, 3.63) is 70.3 Å². The average molecular weight is 412 g/mol. The molecule has 1 N–H and O–H groups in total. The van der Waals surface area contributed by atoms with E-state index in [1.807, 2.05) is 6.07 Å². The number of aromatic nitrogens is 4. The van der Waals surface area contributed by atoms with Crippen molar-refractivity contribution >= 4 is 17.3 Å². The highest BCUT2D eigenvalue weighted by atomic mass is 32.2. The van der Waals surface area contributed by atoms with Crippen LogP contribution in [0.5, 0.6) is 11.5 Å². The molecule has 4 rings (SSSR count). The molecule has 29 heavy (non-hydrogen) atoms. The van der Waals surface area contributed by atoms with E-state index in [9.17, 15) is 9.18 Å². The molecule has 0 unspecified atom stereocenters. The minimum absolute atomic E-state index is 0.285. The van der Waals surface area contributed by atoms with Gasteiger partial charge in [-0.3, -0.25) is 4.79 Å². The molecule has 0 saturated heterocycles. The van der Waals surface area contributed by atoms with Crippen molar-refractivity contribution in [2.45, 2.75) is 10.9 Å². The van der Waals surface area contributed by atoms with Gasteiger partial charge in [0.25, 0.3) is 5.56 Å². The molecule has 4 aromatic rings. The molecule has 2 heterocycles. The number of H-pyrrole nitrogens is 1. The van der Waals surface area contributed by atoms with Crippen molar-refractivity contribution in [3.8, 4) is 22.8 Å². The maximum atomic E-state index is 13.9. The van der Waals surface area contributed by atoms with E-state index in [2.05, 4.69) is 15.3 Å². The Kier molecular flexibility index (Phi) is 5.22. The number of ether oxygens (including phenoxy) is 2. The van der Waals surface area contributed by atoms with E-state index < -0.39 is 0 Å². The highest BCUT2D eigenvalue weighted by Gasteiger charge is 2.15. The van der Waals surface area contributed by atoms with Crippen molar-refractivity contribution in [2.24, 2.45) is 0 Å². The molecular weight excluding hydrogens is 395 g/mol. The molecule has 9 heteroatoms. The Bertz CT molecular complexity index is 1240. The van der Waals surface area contributed by atoms with E-state index in [0.717, 1.165) is 5.56 Å². The summed E-state index contributed by atoms with van der Waals surface area (Å²) in [5.41, 5.74) is 1.87. The Hall–Kier alpha value is -3.33. The van der Waals surface area contributed by atoms with Crippen LogP contribution < -0.4 is 15.0 Å². The van der Waals surface area contributed by atoms with Crippen LogP contribution in [-0.2, 0) is 5.75 Å². The molecule has 0 amide bonds. The number of nitrogens with one attached hydrogen (secondary N) is 1. The van der Waals surface area contributed by atoms with Crippen molar-refractivity contribution in [1.82, 2.24) is 19.8 Å². The lowest BCUT2D eigenvalue weighted by molar-refractivity contribution is 0.355. The summed E-state index contributed by atoms with van der Waals surface area (Å²) >= 11 is 1.28. The molecule has 0 spiro atoms. The van der Waals surface area contributed by atoms with Crippen molar-refractivity contribution < 1.29 is 13.9 Å². The number of hydrogen-bond acceptors (Lipinski definition) is 6. The molecule has 0 aliphatic heterocycles. The predicted octanol–water partition coefficient (Wildman–Crippen LogP) is 3.53. The SMILES string of the molecule is COc1ccc(-c2cc3c(=O)[nH]nc(SCc4ccccc4F)n3n2)cc1OC. The van der Waals surface area contributed by atoms with Gasteiger partial charge < -0.3 is 9.47 Å². The maximum absolute atomic E-state index is 13.9. The van der Waals surface area contributed by atoms with E-state index in [4.69, 9.17) is 9.47 Å². The summed E-state index contributed by atoms with van der Waals surface area (Å²) in [5, 5.41) is 11.5. The second-order valence-electron chi connectivity index (χ2n) is 6.11. The highest BCUT2D eigenvalue weighted by molar-refractivity contribution is 7.98. The van der Waals surface area contributed by atoms with Gasteiger partial charge in [0.2, 0.25) is 5.16 Å². The zero-order valence-corrected chi connectivity index (χ0v) is 16.5. The van der Waals surface area contributed by atoms with Gasteiger partial charge in [0, 0.05) is 11.3 Å². The summed E-state index contributed by atoms with van der Waals surface area (Å²) < 4.78 is 26.0. The fourth-order valence-corrected chi connectivity index (χ4v) is 3.77. The third-order valence-electron chi connectivity index (χ3n) is 4.37. The van der Waals surface area contributed by atoms with Crippen LogP contribution in [0.2, 0.25) is 0 Å². The first-order chi connectivity index (χ1) is 14.1. The van der Waals surface area contributed by atoms with Crippen LogP contribution in [0.1, 0.15) is 5.56 Å². The number of fused-ring (bicyclic) bond motifs is 1. The van der Waals surface area contributed by atoms with E-state index in [0.29, 0.717) is 39.2 Å². The lowest BCUT2D eigenvalue weighted by Crippen LogP contribution is -2.13. The van der Waals surface area contributed by atoms with Crippen LogP contribution in [0, 0.1) is 5.82 Å². The van der Waals surface area contributed by atoms with Gasteiger partial charge in [0.15, 0.2) is 11.5 Å². The Morgan fingerprint density at radius 3 is 2.66 bits per heavy atom. The van der Waals surface area contributed by atoms with Gasteiger partial charge in [-0.25, -0.2) is 14.0 Å². The Morgan fingerprint density at radius 1 is 1.10 bits per heavy atom. The number of methoxy groups -OCH3 is 2. The number of aromatic amines is 1. The number of hydrogen-bond donors (Lipinski definition) is 1. The summed E-state index contributed by atoms with van der Waals surface area (Å²) in [7, 11) is 3.12. The summed E-state index contributed by atoms with van der Waals surface area (Å²) in [6.07, 6.45) is 0. The molecule has 0 aliphatic rings. The Morgan fingerprint density at radius 2 is 1.90 bits per heavy atom. The molecule has 0 radical (unpaired) electrons. The molecule has 148 valence electrons. The quantitative estimate of drug-likeness (QED) is 0.488. The summed E-state index contributed by atoms with van der Waals surface area (Å²) in [6, 6.07) is 13.6. The van der Waals surface area contributed by atoms with E-state index >= 15 is 0 Å². The molecule has 2 aromatic carbocycles. The van der Waals surface area contributed by atoms with Gasteiger partial charge in [-0.2, -0.15) is 5.10 Å². The minimum atomic E-state index is -0.362. The van der Waals surface area contributed by atoms with Crippen LogP contribution >= 0.6 is 11.8 Å². The van der Waals surface area contributed by atoms with Gasteiger partial charge in [-0.1, -0.05) is 30.0 Å². The Labute approximate surface area is 169 Å². The molecule has 2 aromatic heterocycles. The van der Waals surface area contributed by atoms with Crippen LogP contribution in [0.25, 0.3) is 16.8 Å². The molecule has 0 saturated carbocycles. The van der Waals surface area contributed by atoms with Gasteiger partial charge in [0.1, 0.15) is 11.3 Å². The van der Waals surface area contributed by atoms with Gasteiger partial charge in [0.05, 0.1) is 19.9 Å². The number of benzene rings is 2. The number of rotatable bonds is 6. The monoisotopic (exact) mass is 412 g/mol. The number of nitrogens with zero attached hydrogens (tertiary/aromatic N) is 3. The number of halogens is 1. The first-order valence-electron chi connectivity index (χ1n) is 8.67. The van der Waals surface area contributed by atoms with Crippen molar-refractivity contribution in [1.29, 1.82) is 0 Å². The summed E-state index contributed by atoms with van der Waals surface area (Å²) in [5.74, 6) is 1.22. The summed E-state index contributed by atoms with van der Waals surface area (Å²) in [6.45, 7) is 0. The maximum Gasteiger partial charge on any atom is 0.290 e. The fourth-order valence-electron chi connectivity index (χ4n) is 2.88. The molecule has 0 bridgehead atoms. The normalized spacial score (nSPS) is 11.0. The predicted molar refractivity (Wildman–Crippen MR) is 108 cm³/mol. The average Bonchev–Trinajstić information content (AvgIpc) is 3.20. The first kappa shape index (κ1) is 19.0. The van der Waals surface area contributed by atoms with Crippen LogP contribution in [0.15, 0.2) is 58.5 Å². The first-order valence-corrected chi connectivity index (χ1v) is 9.66. The lowest BCUT2D eigenvalue weighted by atomic mass is 10.1. The largest absolute Gasteiger partial charge is 0.493 e. The highest BCUT2D eigenvalue weighted by Crippen LogP contribution is 2.32. The lowest BCUT2D eigenvalue weighted by Gasteiger charge is -2.08. The van der Waals surface area contributed by atoms with Crippen LogP contribution in [0.3, 0.4) is 0 Å².